The summed E-state index contributed by atoms with van der Waals surface area (Å²) in [4.78, 5) is 15.5. The Balaban J connectivity index is 2.36. The molecule has 0 spiro atoms. The molecule has 0 aromatic carbocycles. The van der Waals surface area contributed by atoms with Crippen LogP contribution in [0.25, 0.3) is 0 Å². The van der Waals surface area contributed by atoms with Crippen LogP contribution < -0.4 is 10.6 Å². The third-order valence-electron chi connectivity index (χ3n) is 4.04. The van der Waals surface area contributed by atoms with Gasteiger partial charge in [0.15, 0.2) is 5.96 Å². The molecule has 0 saturated heterocycles. The molecule has 3 N–H and O–H groups in total. The second kappa shape index (κ2) is 11.5. The number of guanidine groups is 1. The highest BCUT2D eigenvalue weighted by Crippen LogP contribution is 2.19. The number of hydrogen-bond donors (Lipinski definition) is 3. The van der Waals surface area contributed by atoms with Crippen LogP contribution in [0.15, 0.2) is 17.4 Å². The molecule has 0 aliphatic heterocycles. The van der Waals surface area contributed by atoms with E-state index >= 15 is 0 Å². The number of aryl methyl sites for hydroxylation is 1. The first-order valence-electron chi connectivity index (χ1n) is 9.19. The summed E-state index contributed by atoms with van der Waals surface area (Å²) >= 11 is 0. The molecule has 1 unspecified atom stereocenters. The van der Waals surface area contributed by atoms with E-state index in [2.05, 4.69) is 25.5 Å². The Bertz CT molecular complexity index is 569. The number of aromatic nitrogens is 2. The highest BCUT2D eigenvalue weighted by Gasteiger charge is 2.24. The molecule has 0 fully saturated rings. The molecule has 8 nitrogen and oxygen atoms in total. The number of aliphatic hydroxyl groups is 1. The van der Waals surface area contributed by atoms with Gasteiger partial charge in [-0.05, 0) is 26.7 Å². The number of hydrogen-bond acceptors (Lipinski definition) is 5. The van der Waals surface area contributed by atoms with Crippen LogP contribution >= 0.6 is 0 Å². The van der Waals surface area contributed by atoms with E-state index in [0.717, 1.165) is 44.3 Å². The van der Waals surface area contributed by atoms with Gasteiger partial charge in [0, 0.05) is 38.3 Å². The normalized spacial score (nSPS) is 14.0. The number of aliphatic imine (C=N–C) groups is 1. The minimum absolute atomic E-state index is 0.148. The Morgan fingerprint density at radius 3 is 2.69 bits per heavy atom. The number of carbonyl (C=O) groups is 1. The summed E-state index contributed by atoms with van der Waals surface area (Å²) in [6, 6.07) is 0. The van der Waals surface area contributed by atoms with Crippen LogP contribution in [0.3, 0.4) is 0 Å². The summed E-state index contributed by atoms with van der Waals surface area (Å²) in [7, 11) is 3.24. The molecule has 0 aliphatic rings. The van der Waals surface area contributed by atoms with E-state index in [9.17, 15) is 9.90 Å². The Kier molecular flexibility index (Phi) is 9.72. The number of carbonyl (C=O) groups excluding carboxylic acids is 1. The zero-order chi connectivity index (χ0) is 19.4. The Hall–Kier alpha value is -2.09. The lowest BCUT2D eigenvalue weighted by molar-refractivity contribution is -0.140. The van der Waals surface area contributed by atoms with Crippen LogP contribution in [0.5, 0.6) is 0 Å². The van der Waals surface area contributed by atoms with Crippen LogP contribution in [-0.4, -0.2) is 53.6 Å². The van der Waals surface area contributed by atoms with Crippen molar-refractivity contribution in [3.8, 4) is 0 Å². The molecule has 26 heavy (non-hydrogen) atoms. The molecule has 0 saturated carbocycles. The summed E-state index contributed by atoms with van der Waals surface area (Å²) in [6.07, 6.45) is 7.82. The minimum Gasteiger partial charge on any atom is -0.469 e. The SMILES string of the molecule is CCNC(=NCC(C)(O)c1cnn(C)c1)NCCCCCCC(=O)OC. The fourth-order valence-corrected chi connectivity index (χ4v) is 2.42. The number of rotatable bonds is 11. The van der Waals surface area contributed by atoms with Gasteiger partial charge >= 0.3 is 5.97 Å². The van der Waals surface area contributed by atoms with Crippen molar-refractivity contribution in [2.24, 2.45) is 12.0 Å². The predicted molar refractivity (Wildman–Crippen MR) is 102 cm³/mol. The maximum absolute atomic E-state index is 11.0. The average Bonchev–Trinajstić information content (AvgIpc) is 3.05. The van der Waals surface area contributed by atoms with Crippen molar-refractivity contribution in [3.05, 3.63) is 18.0 Å². The highest BCUT2D eigenvalue weighted by atomic mass is 16.5. The van der Waals surface area contributed by atoms with Crippen molar-refractivity contribution in [1.29, 1.82) is 0 Å². The zero-order valence-corrected chi connectivity index (χ0v) is 16.4. The molecule has 0 amide bonds. The first-order chi connectivity index (χ1) is 12.4. The highest BCUT2D eigenvalue weighted by molar-refractivity contribution is 5.79. The summed E-state index contributed by atoms with van der Waals surface area (Å²) < 4.78 is 6.29. The molecule has 1 aromatic heterocycles. The minimum atomic E-state index is -1.06. The molecule has 1 atom stereocenters. The maximum Gasteiger partial charge on any atom is 0.305 e. The molecule has 0 aliphatic carbocycles. The third-order valence-corrected chi connectivity index (χ3v) is 4.04. The lowest BCUT2D eigenvalue weighted by atomic mass is 10.0. The Morgan fingerprint density at radius 1 is 1.35 bits per heavy atom. The largest absolute Gasteiger partial charge is 0.469 e. The van der Waals surface area contributed by atoms with Gasteiger partial charge in [0.2, 0.25) is 0 Å². The van der Waals surface area contributed by atoms with Gasteiger partial charge in [0.05, 0.1) is 19.9 Å². The summed E-state index contributed by atoms with van der Waals surface area (Å²) in [5.41, 5.74) is -0.324. The standard InChI is InChI=1S/C18H33N5O3/c1-5-19-17(20-11-9-7-6-8-10-16(24)26-4)21-14-18(2,25)15-12-22-23(3)13-15/h12-13,25H,5-11,14H2,1-4H3,(H2,19,20,21). The smallest absolute Gasteiger partial charge is 0.305 e. The number of unbranched alkanes of at least 4 members (excludes halogenated alkanes) is 3. The van der Waals surface area contributed by atoms with Crippen molar-refractivity contribution in [3.63, 3.8) is 0 Å². The van der Waals surface area contributed by atoms with E-state index in [-0.39, 0.29) is 12.5 Å². The molecule has 148 valence electrons. The van der Waals surface area contributed by atoms with Crippen LogP contribution in [-0.2, 0) is 22.2 Å². The van der Waals surface area contributed by atoms with Crippen LogP contribution in [0.2, 0.25) is 0 Å². The van der Waals surface area contributed by atoms with Gasteiger partial charge < -0.3 is 20.5 Å². The molecular formula is C18H33N5O3. The van der Waals surface area contributed by atoms with Gasteiger partial charge in [-0.15, -0.1) is 0 Å². The van der Waals surface area contributed by atoms with Crippen molar-refractivity contribution >= 4 is 11.9 Å². The van der Waals surface area contributed by atoms with Crippen molar-refractivity contribution in [1.82, 2.24) is 20.4 Å². The monoisotopic (exact) mass is 367 g/mol. The van der Waals surface area contributed by atoms with Gasteiger partial charge in [0.1, 0.15) is 5.60 Å². The lowest BCUT2D eigenvalue weighted by Gasteiger charge is -2.20. The summed E-state index contributed by atoms with van der Waals surface area (Å²) in [6.45, 7) is 5.52. The maximum atomic E-state index is 11.0. The van der Waals surface area contributed by atoms with Crippen LogP contribution in [0, 0.1) is 0 Å². The number of nitrogens with one attached hydrogen (secondary N) is 2. The fourth-order valence-electron chi connectivity index (χ4n) is 2.42. The van der Waals surface area contributed by atoms with E-state index < -0.39 is 5.60 Å². The third kappa shape index (κ3) is 8.33. The molecule has 1 rings (SSSR count). The Labute approximate surface area is 156 Å². The first kappa shape index (κ1) is 22.0. The number of methoxy groups -OCH3 is 1. The second-order valence-electron chi connectivity index (χ2n) is 6.54. The van der Waals surface area contributed by atoms with E-state index in [1.165, 1.54) is 7.11 Å². The second-order valence-corrected chi connectivity index (χ2v) is 6.54. The predicted octanol–water partition coefficient (Wildman–Crippen LogP) is 1.31. The molecule has 1 aromatic rings. The topological polar surface area (TPSA) is 101 Å². The number of esters is 1. The fraction of sp³-hybridized carbons (Fsp3) is 0.722. The number of ether oxygens (including phenoxy) is 1. The van der Waals surface area contributed by atoms with Gasteiger partial charge in [-0.2, -0.15) is 5.10 Å². The average molecular weight is 367 g/mol. The quantitative estimate of drug-likeness (QED) is 0.236. The molecule has 0 radical (unpaired) electrons. The summed E-state index contributed by atoms with van der Waals surface area (Å²) in [5.74, 6) is 0.539. The summed E-state index contributed by atoms with van der Waals surface area (Å²) in [5, 5.41) is 21.2. The van der Waals surface area contributed by atoms with Crippen LogP contribution in [0.1, 0.15) is 51.5 Å². The van der Waals surface area contributed by atoms with E-state index in [0.29, 0.717) is 12.4 Å². The van der Waals surface area contributed by atoms with Crippen molar-refractivity contribution < 1.29 is 14.6 Å². The van der Waals surface area contributed by atoms with Gasteiger partial charge in [-0.3, -0.25) is 9.48 Å². The van der Waals surface area contributed by atoms with Crippen molar-refractivity contribution in [2.45, 2.75) is 51.6 Å². The van der Waals surface area contributed by atoms with Gasteiger partial charge in [-0.25, -0.2) is 4.99 Å². The molecular weight excluding hydrogens is 334 g/mol. The van der Waals surface area contributed by atoms with E-state index in [1.807, 2.05) is 14.0 Å². The van der Waals surface area contributed by atoms with Gasteiger partial charge in [0.25, 0.3) is 0 Å². The first-order valence-corrected chi connectivity index (χ1v) is 9.19. The molecule has 0 bridgehead atoms. The van der Waals surface area contributed by atoms with E-state index in [4.69, 9.17) is 0 Å². The van der Waals surface area contributed by atoms with Gasteiger partial charge in [-0.1, -0.05) is 12.8 Å². The lowest BCUT2D eigenvalue weighted by Crippen LogP contribution is -2.39. The Morgan fingerprint density at radius 2 is 2.08 bits per heavy atom. The molecule has 8 heteroatoms. The molecule has 1 heterocycles. The van der Waals surface area contributed by atoms with Crippen molar-refractivity contribution in [2.75, 3.05) is 26.7 Å². The zero-order valence-electron chi connectivity index (χ0n) is 16.4. The number of nitrogens with zero attached hydrogens (tertiary/aromatic N) is 3. The van der Waals surface area contributed by atoms with Crippen LogP contribution in [0.4, 0.5) is 0 Å². The van der Waals surface area contributed by atoms with E-state index in [1.54, 1.807) is 24.0 Å².